The van der Waals surface area contributed by atoms with Crippen molar-refractivity contribution in [1.82, 2.24) is 0 Å². The third kappa shape index (κ3) is 5.63. The van der Waals surface area contributed by atoms with Crippen LogP contribution in [0.4, 0.5) is 13.2 Å². The third-order valence-electron chi connectivity index (χ3n) is 7.37. The molecule has 0 aromatic rings. The van der Waals surface area contributed by atoms with Crippen molar-refractivity contribution in [1.29, 1.82) is 0 Å². The van der Waals surface area contributed by atoms with Gasteiger partial charge in [-0.1, -0.05) is 65.2 Å². The van der Waals surface area contributed by atoms with Crippen molar-refractivity contribution in [3.05, 3.63) is 0 Å². The Balaban J connectivity index is 1.79. The van der Waals surface area contributed by atoms with Crippen molar-refractivity contribution in [2.24, 2.45) is 23.2 Å². The molecule has 2 saturated carbocycles. The highest BCUT2D eigenvalue weighted by molar-refractivity contribution is 4.93. The fourth-order valence-corrected chi connectivity index (χ4v) is 5.49. The van der Waals surface area contributed by atoms with Crippen LogP contribution in [0.2, 0.25) is 0 Å². The molecule has 0 radical (unpaired) electrons. The van der Waals surface area contributed by atoms with Gasteiger partial charge in [-0.15, -0.1) is 0 Å². The van der Waals surface area contributed by atoms with Crippen molar-refractivity contribution in [2.75, 3.05) is 0 Å². The molecule has 0 aliphatic heterocycles. The monoisotopic (exact) mass is 360 g/mol. The lowest BCUT2D eigenvalue weighted by Gasteiger charge is -2.44. The van der Waals surface area contributed by atoms with Crippen LogP contribution in [-0.2, 0) is 0 Å². The second-order valence-electron chi connectivity index (χ2n) is 9.00. The lowest BCUT2D eigenvalue weighted by atomic mass is 9.62. The van der Waals surface area contributed by atoms with Crippen molar-refractivity contribution in [3.63, 3.8) is 0 Å². The molecule has 0 N–H and O–H groups in total. The summed E-state index contributed by atoms with van der Waals surface area (Å²) in [6.07, 6.45) is 10.9. The topological polar surface area (TPSA) is 0 Å². The Bertz CT molecular complexity index is 358. The van der Waals surface area contributed by atoms with Crippen LogP contribution < -0.4 is 0 Å². The van der Waals surface area contributed by atoms with Crippen LogP contribution in [-0.4, -0.2) is 6.18 Å². The molecular formula is C22H39F3. The van der Waals surface area contributed by atoms with Gasteiger partial charge in [0.1, 0.15) is 0 Å². The average Bonchev–Trinajstić information content (AvgIpc) is 2.60. The van der Waals surface area contributed by atoms with Crippen molar-refractivity contribution >= 4 is 0 Å². The largest absolute Gasteiger partial charge is 0.394 e. The molecule has 3 heteroatoms. The van der Waals surface area contributed by atoms with E-state index in [1.165, 1.54) is 51.4 Å². The quantitative estimate of drug-likeness (QED) is 0.382. The molecule has 2 rings (SSSR count). The summed E-state index contributed by atoms with van der Waals surface area (Å²) in [5, 5.41) is 0. The van der Waals surface area contributed by atoms with E-state index < -0.39 is 11.6 Å². The van der Waals surface area contributed by atoms with Gasteiger partial charge in [0, 0.05) is 0 Å². The normalized spacial score (nSPS) is 34.2. The maximum atomic E-state index is 13.7. The van der Waals surface area contributed by atoms with Gasteiger partial charge in [-0.2, -0.15) is 13.2 Å². The Hall–Kier alpha value is -0.210. The van der Waals surface area contributed by atoms with Crippen LogP contribution in [0.25, 0.3) is 0 Å². The summed E-state index contributed by atoms with van der Waals surface area (Å²) in [4.78, 5) is 0. The molecule has 2 aliphatic carbocycles. The van der Waals surface area contributed by atoms with Crippen LogP contribution in [0, 0.1) is 23.2 Å². The molecule has 0 atom stereocenters. The Morgan fingerprint density at radius 1 is 0.760 bits per heavy atom. The molecule has 0 unspecified atom stereocenters. The molecule has 2 fully saturated rings. The zero-order valence-corrected chi connectivity index (χ0v) is 16.5. The molecule has 0 heterocycles. The van der Waals surface area contributed by atoms with Gasteiger partial charge in [0.15, 0.2) is 0 Å². The van der Waals surface area contributed by atoms with E-state index in [0.717, 1.165) is 25.2 Å². The summed E-state index contributed by atoms with van der Waals surface area (Å²) in [6, 6.07) is 0. The maximum Gasteiger partial charge on any atom is 0.394 e. The SMILES string of the molecule is CCCCCC1CCC([C@H]2CC[C@@](CCCC)(C(F)(F)F)CC2)CC1. The van der Waals surface area contributed by atoms with Gasteiger partial charge in [0.25, 0.3) is 0 Å². The number of hydrogen-bond acceptors (Lipinski definition) is 0. The molecule has 25 heavy (non-hydrogen) atoms. The summed E-state index contributed by atoms with van der Waals surface area (Å²) in [5.74, 6) is 2.17. The standard InChI is InChI=1S/C22H39F3/c1-3-5-7-8-18-9-11-19(12-10-18)20-13-16-21(17-14-20,15-6-4-2)22(23,24)25/h18-20H,3-17H2,1-2H3/t18?,19?,20-,21+. The highest BCUT2D eigenvalue weighted by atomic mass is 19.4. The van der Waals surface area contributed by atoms with Gasteiger partial charge in [0.05, 0.1) is 5.41 Å². The number of hydrogen-bond donors (Lipinski definition) is 0. The van der Waals surface area contributed by atoms with Crippen LogP contribution in [0.3, 0.4) is 0 Å². The zero-order chi connectivity index (χ0) is 18.3. The van der Waals surface area contributed by atoms with E-state index in [1.54, 1.807) is 0 Å². The number of rotatable bonds is 8. The summed E-state index contributed by atoms with van der Waals surface area (Å²) < 4.78 is 41.1. The molecule has 2 aliphatic rings. The smallest absolute Gasteiger partial charge is 0.171 e. The summed E-state index contributed by atoms with van der Waals surface area (Å²) in [7, 11) is 0. The first-order valence-electron chi connectivity index (χ1n) is 11.0. The lowest BCUT2D eigenvalue weighted by Crippen LogP contribution is -2.42. The maximum absolute atomic E-state index is 13.7. The summed E-state index contributed by atoms with van der Waals surface area (Å²) in [5.41, 5.74) is -1.36. The molecule has 0 bridgehead atoms. The molecule has 0 amide bonds. The predicted molar refractivity (Wildman–Crippen MR) is 99.6 cm³/mol. The minimum atomic E-state index is -4.01. The second-order valence-corrected chi connectivity index (χ2v) is 9.00. The zero-order valence-electron chi connectivity index (χ0n) is 16.5. The van der Waals surface area contributed by atoms with Gasteiger partial charge in [0.2, 0.25) is 0 Å². The molecule has 0 aromatic heterocycles. The fourth-order valence-electron chi connectivity index (χ4n) is 5.49. The van der Waals surface area contributed by atoms with Crippen molar-refractivity contribution in [2.45, 2.75) is 116 Å². The first-order chi connectivity index (χ1) is 11.9. The van der Waals surface area contributed by atoms with E-state index in [1.807, 2.05) is 6.92 Å². The van der Waals surface area contributed by atoms with Gasteiger partial charge in [-0.05, 0) is 62.7 Å². The van der Waals surface area contributed by atoms with E-state index in [2.05, 4.69) is 6.92 Å². The molecular weight excluding hydrogens is 321 g/mol. The number of halogens is 3. The predicted octanol–water partition coefficient (Wildman–Crippen LogP) is 8.30. The van der Waals surface area contributed by atoms with Gasteiger partial charge >= 0.3 is 6.18 Å². The highest BCUT2D eigenvalue weighted by Crippen LogP contribution is 2.55. The van der Waals surface area contributed by atoms with Crippen LogP contribution in [0.5, 0.6) is 0 Å². The van der Waals surface area contributed by atoms with Crippen molar-refractivity contribution < 1.29 is 13.2 Å². The minimum absolute atomic E-state index is 0.351. The van der Waals surface area contributed by atoms with E-state index in [0.29, 0.717) is 37.5 Å². The second kappa shape index (κ2) is 9.65. The van der Waals surface area contributed by atoms with Gasteiger partial charge in [-0.25, -0.2) is 0 Å². The molecule has 0 spiro atoms. The molecule has 0 nitrogen and oxygen atoms in total. The van der Waals surface area contributed by atoms with E-state index >= 15 is 0 Å². The Kier molecular flexibility index (Phi) is 8.14. The van der Waals surface area contributed by atoms with Crippen LogP contribution >= 0.6 is 0 Å². The third-order valence-corrected chi connectivity index (χ3v) is 7.37. The van der Waals surface area contributed by atoms with Gasteiger partial charge in [-0.3, -0.25) is 0 Å². The van der Waals surface area contributed by atoms with E-state index in [9.17, 15) is 13.2 Å². The van der Waals surface area contributed by atoms with E-state index in [-0.39, 0.29) is 0 Å². The lowest BCUT2D eigenvalue weighted by molar-refractivity contribution is -0.241. The highest BCUT2D eigenvalue weighted by Gasteiger charge is 2.55. The molecule has 0 aromatic carbocycles. The Morgan fingerprint density at radius 2 is 1.32 bits per heavy atom. The first kappa shape index (κ1) is 21.1. The Morgan fingerprint density at radius 3 is 1.84 bits per heavy atom. The molecule has 148 valence electrons. The fraction of sp³-hybridized carbons (Fsp3) is 1.00. The molecule has 0 saturated heterocycles. The Labute approximate surface area is 153 Å². The number of alkyl halides is 3. The van der Waals surface area contributed by atoms with Crippen molar-refractivity contribution in [3.8, 4) is 0 Å². The van der Waals surface area contributed by atoms with Crippen LogP contribution in [0.1, 0.15) is 110 Å². The van der Waals surface area contributed by atoms with E-state index in [4.69, 9.17) is 0 Å². The summed E-state index contributed by atoms with van der Waals surface area (Å²) >= 11 is 0. The van der Waals surface area contributed by atoms with Crippen LogP contribution in [0.15, 0.2) is 0 Å². The number of unbranched alkanes of at least 4 members (excludes halogenated alkanes) is 3. The van der Waals surface area contributed by atoms with Gasteiger partial charge < -0.3 is 0 Å². The summed E-state index contributed by atoms with van der Waals surface area (Å²) in [6.45, 7) is 4.25. The first-order valence-corrected chi connectivity index (χ1v) is 11.0. The minimum Gasteiger partial charge on any atom is -0.171 e. The average molecular weight is 361 g/mol.